The predicted molar refractivity (Wildman–Crippen MR) is 204 cm³/mol. The molecule has 0 radical (unpaired) electrons. The molecule has 1 heterocycles. The van der Waals surface area contributed by atoms with E-state index in [2.05, 4.69) is 175 Å². The van der Waals surface area contributed by atoms with Crippen molar-refractivity contribution in [3.63, 3.8) is 0 Å². The van der Waals surface area contributed by atoms with Crippen LogP contribution in [-0.4, -0.2) is 0 Å². The number of benzene rings is 9. The highest BCUT2D eigenvalue weighted by molar-refractivity contribution is 6.27. The van der Waals surface area contributed by atoms with Crippen LogP contribution in [0.15, 0.2) is 180 Å². The molecule has 0 N–H and O–H groups in total. The summed E-state index contributed by atoms with van der Waals surface area (Å²) in [5, 5.41) is 12.1. The lowest BCUT2D eigenvalue weighted by Gasteiger charge is -2.28. The van der Waals surface area contributed by atoms with Gasteiger partial charge in [-0.05, 0) is 85.7 Å². The summed E-state index contributed by atoms with van der Waals surface area (Å²) in [6.07, 6.45) is 0. The lowest BCUT2D eigenvalue weighted by molar-refractivity contribution is 0.669. The van der Waals surface area contributed by atoms with Crippen molar-refractivity contribution >= 4 is 82.1 Å². The van der Waals surface area contributed by atoms with E-state index < -0.39 is 0 Å². The Hall–Kier alpha value is -6.38. The van der Waals surface area contributed by atoms with E-state index in [4.69, 9.17) is 4.42 Å². The number of anilines is 3. The van der Waals surface area contributed by atoms with Gasteiger partial charge < -0.3 is 9.32 Å². The Morgan fingerprint density at radius 2 is 0.979 bits per heavy atom. The van der Waals surface area contributed by atoms with Gasteiger partial charge in [0, 0.05) is 33.1 Å². The third-order valence-electron chi connectivity index (χ3n) is 9.80. The second kappa shape index (κ2) is 10.6. The normalized spacial score (nSPS) is 11.8. The monoisotopic (exact) mass is 611 g/mol. The van der Waals surface area contributed by atoms with Crippen LogP contribution in [0.5, 0.6) is 0 Å². The van der Waals surface area contributed by atoms with E-state index in [9.17, 15) is 0 Å². The van der Waals surface area contributed by atoms with Gasteiger partial charge in [0.1, 0.15) is 11.2 Å². The fraction of sp³-hybridized carbons (Fsp3) is 0. The minimum Gasteiger partial charge on any atom is -0.456 e. The molecule has 10 aromatic rings. The van der Waals surface area contributed by atoms with Crippen molar-refractivity contribution < 1.29 is 4.42 Å². The molecule has 2 heteroatoms. The highest BCUT2D eigenvalue weighted by atomic mass is 16.3. The zero-order chi connectivity index (χ0) is 31.6. The second-order valence-electron chi connectivity index (χ2n) is 12.5. The molecular weight excluding hydrogens is 583 g/mol. The van der Waals surface area contributed by atoms with Crippen LogP contribution in [0.25, 0.3) is 76.2 Å². The first-order chi connectivity index (χ1) is 23.8. The molecule has 10 rings (SSSR count). The Balaban J connectivity index is 1.27. The van der Waals surface area contributed by atoms with Crippen LogP contribution in [-0.2, 0) is 0 Å². The van der Waals surface area contributed by atoms with Crippen LogP contribution >= 0.6 is 0 Å². The Morgan fingerprint density at radius 1 is 0.354 bits per heavy atom. The van der Waals surface area contributed by atoms with Gasteiger partial charge in [-0.2, -0.15) is 0 Å². The van der Waals surface area contributed by atoms with E-state index in [1.807, 2.05) is 6.07 Å². The van der Waals surface area contributed by atoms with Crippen LogP contribution in [0.1, 0.15) is 0 Å². The van der Waals surface area contributed by atoms with E-state index in [1.165, 1.54) is 59.6 Å². The number of furan rings is 1. The summed E-state index contributed by atoms with van der Waals surface area (Å²) in [5.74, 6) is 0. The zero-order valence-corrected chi connectivity index (χ0v) is 26.1. The topological polar surface area (TPSA) is 16.4 Å². The van der Waals surface area contributed by atoms with E-state index in [0.717, 1.165) is 33.6 Å². The molecule has 0 aliphatic rings. The number of fused-ring (bicyclic) bond motifs is 10. The predicted octanol–water partition coefficient (Wildman–Crippen LogP) is 13.3. The highest BCUT2D eigenvalue weighted by Gasteiger charge is 2.20. The first kappa shape index (κ1) is 26.8. The summed E-state index contributed by atoms with van der Waals surface area (Å²) in [6, 6.07) is 63.4. The maximum atomic E-state index is 6.35. The summed E-state index contributed by atoms with van der Waals surface area (Å²) >= 11 is 0. The highest BCUT2D eigenvalue weighted by Crippen LogP contribution is 2.45. The summed E-state index contributed by atoms with van der Waals surface area (Å²) in [6.45, 7) is 0. The Labute approximate surface area is 277 Å². The van der Waals surface area contributed by atoms with Crippen molar-refractivity contribution in [2.75, 3.05) is 4.90 Å². The van der Waals surface area contributed by atoms with Gasteiger partial charge in [-0.3, -0.25) is 0 Å². The van der Waals surface area contributed by atoms with Crippen molar-refractivity contribution in [3.05, 3.63) is 176 Å². The maximum absolute atomic E-state index is 6.35. The summed E-state index contributed by atoms with van der Waals surface area (Å²) in [4.78, 5) is 2.42. The number of nitrogens with zero attached hydrogens (tertiary/aromatic N) is 1. The van der Waals surface area contributed by atoms with Crippen LogP contribution in [0.4, 0.5) is 17.1 Å². The molecule has 1 aromatic heterocycles. The molecule has 0 fully saturated rings. The third-order valence-corrected chi connectivity index (χ3v) is 9.80. The quantitative estimate of drug-likeness (QED) is 0.184. The smallest absolute Gasteiger partial charge is 0.136 e. The van der Waals surface area contributed by atoms with Crippen LogP contribution in [0.2, 0.25) is 0 Å². The first-order valence-electron chi connectivity index (χ1n) is 16.4. The average Bonchev–Trinajstić information content (AvgIpc) is 3.54. The molecule has 9 aromatic carbocycles. The average molecular weight is 612 g/mol. The van der Waals surface area contributed by atoms with Gasteiger partial charge in [-0.25, -0.2) is 0 Å². The Kier molecular flexibility index (Phi) is 5.91. The van der Waals surface area contributed by atoms with Gasteiger partial charge in [0.25, 0.3) is 0 Å². The minimum atomic E-state index is 0.912. The molecule has 0 amide bonds. The standard InChI is InChI=1S/C46H29NO/c1-2-10-30(11-3-1)39-14-6-8-16-42(39)47(35-25-26-38-34(28-35)21-19-31-12-4-5-13-37(31)38)36-24-22-32-18-20-33-23-27-44-46(45(33)41(32)29-36)40-15-7-9-17-43(40)48-44/h1-29H. The van der Waals surface area contributed by atoms with Gasteiger partial charge in [0.15, 0.2) is 0 Å². The Morgan fingerprint density at radius 3 is 1.90 bits per heavy atom. The van der Waals surface area contributed by atoms with Gasteiger partial charge in [-0.1, -0.05) is 133 Å². The molecule has 48 heavy (non-hydrogen) atoms. The minimum absolute atomic E-state index is 0.912. The lowest BCUT2D eigenvalue weighted by atomic mass is 9.96. The summed E-state index contributed by atoms with van der Waals surface area (Å²) in [7, 11) is 0. The Bertz CT molecular complexity index is 2850. The molecule has 0 saturated heterocycles. The molecule has 0 atom stereocenters. The van der Waals surface area contributed by atoms with Crippen molar-refractivity contribution in [3.8, 4) is 11.1 Å². The van der Waals surface area contributed by atoms with Crippen LogP contribution in [0.3, 0.4) is 0 Å². The molecule has 0 aliphatic heterocycles. The maximum Gasteiger partial charge on any atom is 0.136 e. The summed E-state index contributed by atoms with van der Waals surface area (Å²) < 4.78 is 6.35. The molecule has 0 aliphatic carbocycles. The van der Waals surface area contributed by atoms with Crippen molar-refractivity contribution in [1.82, 2.24) is 0 Å². The van der Waals surface area contributed by atoms with E-state index in [1.54, 1.807) is 0 Å². The summed E-state index contributed by atoms with van der Waals surface area (Å²) in [5.41, 5.74) is 7.52. The number of hydrogen-bond donors (Lipinski definition) is 0. The molecule has 224 valence electrons. The van der Waals surface area contributed by atoms with Crippen LogP contribution < -0.4 is 4.90 Å². The van der Waals surface area contributed by atoms with Crippen LogP contribution in [0, 0.1) is 0 Å². The number of para-hydroxylation sites is 2. The van der Waals surface area contributed by atoms with E-state index in [0.29, 0.717) is 0 Å². The first-order valence-corrected chi connectivity index (χ1v) is 16.4. The zero-order valence-electron chi connectivity index (χ0n) is 26.1. The van der Waals surface area contributed by atoms with E-state index in [-0.39, 0.29) is 0 Å². The molecule has 0 bridgehead atoms. The van der Waals surface area contributed by atoms with Crippen molar-refractivity contribution in [1.29, 1.82) is 0 Å². The molecule has 2 nitrogen and oxygen atoms in total. The SMILES string of the molecule is c1ccc(-c2ccccc2N(c2ccc3c(ccc4ccccc43)c2)c2ccc3ccc4ccc5oc6ccccc6c5c4c3c2)cc1. The fourth-order valence-electron chi connectivity index (χ4n) is 7.58. The lowest BCUT2D eigenvalue weighted by Crippen LogP contribution is -2.11. The molecule has 0 saturated carbocycles. The van der Waals surface area contributed by atoms with Gasteiger partial charge in [-0.15, -0.1) is 0 Å². The number of hydrogen-bond acceptors (Lipinski definition) is 2. The molecule has 0 unspecified atom stereocenters. The largest absolute Gasteiger partial charge is 0.456 e. The van der Waals surface area contributed by atoms with Crippen molar-refractivity contribution in [2.24, 2.45) is 0 Å². The fourth-order valence-corrected chi connectivity index (χ4v) is 7.58. The molecule has 0 spiro atoms. The third kappa shape index (κ3) is 4.13. The van der Waals surface area contributed by atoms with Gasteiger partial charge >= 0.3 is 0 Å². The molecular formula is C46H29NO. The van der Waals surface area contributed by atoms with Gasteiger partial charge in [0.2, 0.25) is 0 Å². The van der Waals surface area contributed by atoms with Gasteiger partial charge in [0.05, 0.1) is 5.69 Å². The second-order valence-corrected chi connectivity index (χ2v) is 12.5. The van der Waals surface area contributed by atoms with Crippen molar-refractivity contribution in [2.45, 2.75) is 0 Å². The number of rotatable bonds is 4. The van der Waals surface area contributed by atoms with E-state index >= 15 is 0 Å².